The number of nitrogens with one attached hydrogen (secondary N) is 1. The molecule has 8 heteroatoms. The van der Waals surface area contributed by atoms with Crippen molar-refractivity contribution in [2.75, 3.05) is 16.8 Å². The predicted molar refractivity (Wildman–Crippen MR) is 77.9 cm³/mol. The second kappa shape index (κ2) is 5.72. The Morgan fingerprint density at radius 2 is 2.00 bits per heavy atom. The summed E-state index contributed by atoms with van der Waals surface area (Å²) < 4.78 is 23.8. The van der Waals surface area contributed by atoms with E-state index in [2.05, 4.69) is 5.32 Å². The van der Waals surface area contributed by atoms with Crippen LogP contribution in [0.25, 0.3) is 0 Å². The van der Waals surface area contributed by atoms with Crippen LogP contribution in [0.3, 0.4) is 0 Å². The summed E-state index contributed by atoms with van der Waals surface area (Å²) in [4.78, 5) is 23.3. The smallest absolute Gasteiger partial charge is 0.337 e. The van der Waals surface area contributed by atoms with Gasteiger partial charge in [-0.25, -0.2) is 13.2 Å². The van der Waals surface area contributed by atoms with Crippen molar-refractivity contribution in [2.45, 2.75) is 24.5 Å². The van der Waals surface area contributed by atoms with E-state index >= 15 is 0 Å². The fraction of sp³-hybridized carbons (Fsp3) is 0.385. The molecule has 1 aliphatic rings. The van der Waals surface area contributed by atoms with Gasteiger partial charge in [-0.3, -0.25) is 4.79 Å². The first-order valence-corrected chi connectivity index (χ1v) is 8.18. The molecule has 0 saturated carbocycles. The fourth-order valence-electron chi connectivity index (χ4n) is 2.31. The van der Waals surface area contributed by atoms with Crippen molar-refractivity contribution in [3.63, 3.8) is 0 Å². The zero-order valence-corrected chi connectivity index (χ0v) is 12.0. The first-order valence-electron chi connectivity index (χ1n) is 6.46. The Hall–Kier alpha value is -2.09. The standard InChI is InChI=1S/C13H16N2O5S/c14-8-4-5-9(13(17)18)10(7-8)15-12(16)11-3-1-2-6-21(11,19)20/h4-5,7,11H,1-3,6,14H2,(H,15,16)(H,17,18). The summed E-state index contributed by atoms with van der Waals surface area (Å²) in [7, 11) is -3.48. The van der Waals surface area contributed by atoms with E-state index in [0.717, 1.165) is 0 Å². The van der Waals surface area contributed by atoms with Crippen molar-refractivity contribution in [3.05, 3.63) is 23.8 Å². The molecular weight excluding hydrogens is 296 g/mol. The molecule has 0 spiro atoms. The minimum Gasteiger partial charge on any atom is -0.478 e. The minimum atomic E-state index is -3.48. The quantitative estimate of drug-likeness (QED) is 0.711. The van der Waals surface area contributed by atoms with Crippen LogP contribution >= 0.6 is 0 Å². The molecule has 1 aliphatic heterocycles. The lowest BCUT2D eigenvalue weighted by Gasteiger charge is -2.21. The molecule has 2 rings (SSSR count). The van der Waals surface area contributed by atoms with Crippen LogP contribution in [0, 0.1) is 0 Å². The average Bonchev–Trinajstić information content (AvgIpc) is 2.37. The van der Waals surface area contributed by atoms with Crippen molar-refractivity contribution >= 4 is 33.1 Å². The number of sulfone groups is 1. The molecule has 1 aromatic rings. The number of carboxylic acids is 1. The number of carboxylic acid groups (broad SMARTS) is 1. The van der Waals surface area contributed by atoms with Gasteiger partial charge < -0.3 is 16.2 Å². The summed E-state index contributed by atoms with van der Waals surface area (Å²) in [6.07, 6.45) is 1.45. The molecule has 0 aliphatic carbocycles. The Kier molecular flexibility index (Phi) is 4.17. The Labute approximate surface area is 122 Å². The summed E-state index contributed by atoms with van der Waals surface area (Å²) in [6.45, 7) is 0. The van der Waals surface area contributed by atoms with Crippen LogP contribution in [0.5, 0.6) is 0 Å². The highest BCUT2D eigenvalue weighted by molar-refractivity contribution is 7.92. The van der Waals surface area contributed by atoms with Gasteiger partial charge in [0, 0.05) is 5.69 Å². The number of amides is 1. The molecule has 1 saturated heterocycles. The molecule has 4 N–H and O–H groups in total. The van der Waals surface area contributed by atoms with Crippen LogP contribution in [0.4, 0.5) is 11.4 Å². The van der Waals surface area contributed by atoms with Crippen molar-refractivity contribution < 1.29 is 23.1 Å². The number of nitrogens with two attached hydrogens (primary N) is 1. The number of nitrogen functional groups attached to an aromatic ring is 1. The predicted octanol–water partition coefficient (Wildman–Crippen LogP) is 0.873. The topological polar surface area (TPSA) is 127 Å². The number of hydrogen-bond donors (Lipinski definition) is 3. The highest BCUT2D eigenvalue weighted by atomic mass is 32.2. The number of rotatable bonds is 3. The van der Waals surface area contributed by atoms with Gasteiger partial charge in [0.1, 0.15) is 5.25 Å². The van der Waals surface area contributed by atoms with Crippen molar-refractivity contribution in [1.29, 1.82) is 0 Å². The molecule has 1 amide bonds. The maximum absolute atomic E-state index is 12.1. The Morgan fingerprint density at radius 3 is 2.62 bits per heavy atom. The van der Waals surface area contributed by atoms with Gasteiger partial charge in [0.25, 0.3) is 0 Å². The number of carbonyl (C=O) groups excluding carboxylic acids is 1. The SMILES string of the molecule is Nc1ccc(C(=O)O)c(NC(=O)C2CCCCS2(=O)=O)c1. The molecule has 1 unspecified atom stereocenters. The van der Waals surface area contributed by atoms with E-state index in [1.54, 1.807) is 0 Å². The van der Waals surface area contributed by atoms with Gasteiger partial charge in [0.2, 0.25) is 5.91 Å². The monoisotopic (exact) mass is 312 g/mol. The van der Waals surface area contributed by atoms with Crippen LogP contribution in [-0.4, -0.2) is 36.4 Å². The average molecular weight is 312 g/mol. The summed E-state index contributed by atoms with van der Waals surface area (Å²) >= 11 is 0. The zero-order valence-electron chi connectivity index (χ0n) is 11.2. The van der Waals surface area contributed by atoms with E-state index in [9.17, 15) is 18.0 Å². The molecule has 21 heavy (non-hydrogen) atoms. The van der Waals surface area contributed by atoms with E-state index in [1.807, 2.05) is 0 Å². The Morgan fingerprint density at radius 1 is 1.29 bits per heavy atom. The third kappa shape index (κ3) is 3.33. The van der Waals surface area contributed by atoms with Gasteiger partial charge in [-0.2, -0.15) is 0 Å². The highest BCUT2D eigenvalue weighted by Gasteiger charge is 2.35. The van der Waals surface area contributed by atoms with Crippen LogP contribution in [-0.2, 0) is 14.6 Å². The first-order chi connectivity index (χ1) is 9.81. The number of aromatic carboxylic acids is 1. The molecule has 1 fully saturated rings. The zero-order chi connectivity index (χ0) is 15.6. The molecule has 1 aromatic carbocycles. The van der Waals surface area contributed by atoms with Gasteiger partial charge in [0.05, 0.1) is 17.0 Å². The summed E-state index contributed by atoms with van der Waals surface area (Å²) in [5.74, 6) is -1.95. The number of carbonyl (C=O) groups is 2. The van der Waals surface area contributed by atoms with Gasteiger partial charge >= 0.3 is 5.97 Å². The molecule has 1 atom stereocenters. The summed E-state index contributed by atoms with van der Waals surface area (Å²) in [5, 5.41) is 10.3. The lowest BCUT2D eigenvalue weighted by molar-refractivity contribution is -0.116. The maximum atomic E-state index is 12.1. The fourth-order valence-corrected chi connectivity index (χ4v) is 4.12. The normalized spacial score (nSPS) is 20.7. The van der Waals surface area contributed by atoms with E-state index in [4.69, 9.17) is 10.8 Å². The van der Waals surface area contributed by atoms with Gasteiger partial charge in [0.15, 0.2) is 9.84 Å². The molecule has 1 heterocycles. The molecule has 114 valence electrons. The van der Waals surface area contributed by atoms with Crippen molar-refractivity contribution in [1.82, 2.24) is 0 Å². The van der Waals surface area contributed by atoms with Gasteiger partial charge in [-0.1, -0.05) is 6.42 Å². The lowest BCUT2D eigenvalue weighted by Crippen LogP contribution is -2.39. The van der Waals surface area contributed by atoms with Crippen LogP contribution in [0.15, 0.2) is 18.2 Å². The highest BCUT2D eigenvalue weighted by Crippen LogP contribution is 2.24. The first kappa shape index (κ1) is 15.3. The molecule has 7 nitrogen and oxygen atoms in total. The number of benzene rings is 1. The largest absolute Gasteiger partial charge is 0.478 e. The second-order valence-electron chi connectivity index (χ2n) is 4.95. The minimum absolute atomic E-state index is 0.00766. The van der Waals surface area contributed by atoms with Crippen molar-refractivity contribution in [2.24, 2.45) is 0 Å². The van der Waals surface area contributed by atoms with E-state index in [0.29, 0.717) is 12.8 Å². The van der Waals surface area contributed by atoms with Crippen LogP contribution in [0.1, 0.15) is 29.6 Å². The molecule has 0 radical (unpaired) electrons. The molecule has 0 aromatic heterocycles. The Balaban J connectivity index is 2.27. The van der Waals surface area contributed by atoms with E-state index in [1.165, 1.54) is 18.2 Å². The molecule has 0 bridgehead atoms. The number of hydrogen-bond acceptors (Lipinski definition) is 5. The molecular formula is C13H16N2O5S. The number of anilines is 2. The van der Waals surface area contributed by atoms with E-state index in [-0.39, 0.29) is 29.1 Å². The maximum Gasteiger partial charge on any atom is 0.337 e. The van der Waals surface area contributed by atoms with E-state index < -0.39 is 27.0 Å². The Bertz CT molecular complexity index is 684. The van der Waals surface area contributed by atoms with Gasteiger partial charge in [-0.05, 0) is 31.0 Å². The second-order valence-corrected chi connectivity index (χ2v) is 7.25. The van der Waals surface area contributed by atoms with Crippen LogP contribution in [0.2, 0.25) is 0 Å². The summed E-state index contributed by atoms with van der Waals surface area (Å²) in [6, 6.07) is 3.97. The summed E-state index contributed by atoms with van der Waals surface area (Å²) in [5.41, 5.74) is 5.73. The third-order valence-electron chi connectivity index (χ3n) is 3.40. The lowest BCUT2D eigenvalue weighted by atomic mass is 10.1. The van der Waals surface area contributed by atoms with Crippen LogP contribution < -0.4 is 11.1 Å². The third-order valence-corrected chi connectivity index (χ3v) is 5.58. The van der Waals surface area contributed by atoms with Crippen molar-refractivity contribution in [3.8, 4) is 0 Å². The van der Waals surface area contributed by atoms with Gasteiger partial charge in [-0.15, -0.1) is 0 Å².